The van der Waals surface area contributed by atoms with Crippen LogP contribution in [0.25, 0.3) is 0 Å². The van der Waals surface area contributed by atoms with Crippen molar-refractivity contribution in [2.24, 2.45) is 5.92 Å². The summed E-state index contributed by atoms with van der Waals surface area (Å²) in [6.45, 7) is 6.71. The molecule has 0 unspecified atom stereocenters. The molecule has 0 spiro atoms. The topological polar surface area (TPSA) is 59.4 Å². The maximum atomic E-state index is 11.5. The van der Waals surface area contributed by atoms with E-state index in [1.807, 2.05) is 13.0 Å². The Morgan fingerprint density at radius 3 is 2.68 bits per heavy atom. The zero-order valence-electron chi connectivity index (χ0n) is 11.8. The van der Waals surface area contributed by atoms with Gasteiger partial charge in [-0.25, -0.2) is 4.98 Å². The predicted molar refractivity (Wildman–Crippen MR) is 72.5 cm³/mol. The second-order valence-electron chi connectivity index (χ2n) is 5.64. The lowest BCUT2D eigenvalue weighted by Gasteiger charge is -2.17. The van der Waals surface area contributed by atoms with Gasteiger partial charge in [0.15, 0.2) is 0 Å². The van der Waals surface area contributed by atoms with Crippen molar-refractivity contribution in [1.29, 1.82) is 0 Å². The van der Waals surface area contributed by atoms with Crippen molar-refractivity contribution in [1.82, 2.24) is 4.98 Å². The average Bonchev–Trinajstić information content (AvgIpc) is 3.17. The molecule has 1 N–H and O–H groups in total. The molecule has 0 saturated heterocycles. The summed E-state index contributed by atoms with van der Waals surface area (Å²) in [6.07, 6.45) is 3.97. The first-order valence-corrected chi connectivity index (χ1v) is 6.85. The number of hydrogen-bond acceptors (Lipinski definition) is 3. The first kappa shape index (κ1) is 13.8. The summed E-state index contributed by atoms with van der Waals surface area (Å²) >= 11 is 0. The van der Waals surface area contributed by atoms with Crippen LogP contribution >= 0.6 is 0 Å². The summed E-state index contributed by atoms with van der Waals surface area (Å²) in [5.74, 6) is 0.114. The highest BCUT2D eigenvalue weighted by molar-refractivity contribution is 5.85. The highest BCUT2D eigenvalue weighted by Gasteiger charge is 2.54. The summed E-state index contributed by atoms with van der Waals surface area (Å²) in [5, 5.41) is 9.44. The minimum atomic E-state index is -0.767. The maximum Gasteiger partial charge on any atom is 0.314 e. The van der Waals surface area contributed by atoms with Gasteiger partial charge in [-0.1, -0.05) is 20.8 Å². The number of aliphatic carboxylic acids is 1. The summed E-state index contributed by atoms with van der Waals surface area (Å²) in [6, 6.07) is 1.95. The fourth-order valence-corrected chi connectivity index (χ4v) is 2.12. The van der Waals surface area contributed by atoms with Crippen LogP contribution in [-0.2, 0) is 16.6 Å². The fraction of sp³-hybridized carbons (Fsp3) is 0.600. The van der Waals surface area contributed by atoms with Gasteiger partial charge >= 0.3 is 5.97 Å². The van der Waals surface area contributed by atoms with Crippen molar-refractivity contribution in [3.63, 3.8) is 0 Å². The van der Waals surface area contributed by atoms with Gasteiger partial charge in [0.1, 0.15) is 0 Å². The third-order valence-corrected chi connectivity index (χ3v) is 3.54. The van der Waals surface area contributed by atoms with E-state index in [2.05, 4.69) is 18.8 Å². The van der Waals surface area contributed by atoms with Crippen molar-refractivity contribution in [2.75, 3.05) is 6.61 Å². The molecule has 0 aliphatic heterocycles. The molecule has 2 rings (SSSR count). The molecule has 1 fully saturated rings. The van der Waals surface area contributed by atoms with Crippen LogP contribution in [0, 0.1) is 5.92 Å². The second kappa shape index (κ2) is 5.19. The van der Waals surface area contributed by atoms with E-state index in [9.17, 15) is 9.90 Å². The zero-order valence-corrected chi connectivity index (χ0v) is 11.8. The van der Waals surface area contributed by atoms with Gasteiger partial charge in [-0.3, -0.25) is 4.79 Å². The molecule has 0 amide bonds. The first-order valence-electron chi connectivity index (χ1n) is 6.85. The summed E-state index contributed by atoms with van der Waals surface area (Å²) < 4.78 is 5.70. The monoisotopic (exact) mass is 263 g/mol. The molecular weight excluding hydrogens is 242 g/mol. The number of aryl methyl sites for hydroxylation is 1. The summed E-state index contributed by atoms with van der Waals surface area (Å²) in [5.41, 5.74) is 1.05. The highest BCUT2D eigenvalue weighted by atomic mass is 16.5. The summed E-state index contributed by atoms with van der Waals surface area (Å²) in [4.78, 5) is 15.8. The number of nitrogens with zero attached hydrogens (tertiary/aromatic N) is 1. The van der Waals surface area contributed by atoms with Crippen LogP contribution in [0.2, 0.25) is 0 Å². The van der Waals surface area contributed by atoms with Gasteiger partial charge in [0.05, 0.1) is 12.0 Å². The van der Waals surface area contributed by atoms with Crippen molar-refractivity contribution in [3.05, 3.63) is 23.4 Å². The number of rotatable bonds is 6. The van der Waals surface area contributed by atoms with Crippen LogP contribution in [0.1, 0.15) is 44.7 Å². The molecule has 1 saturated carbocycles. The Bertz CT molecular complexity index is 478. The van der Waals surface area contributed by atoms with Crippen LogP contribution in [0.3, 0.4) is 0 Å². The summed E-state index contributed by atoms with van der Waals surface area (Å²) in [7, 11) is 0. The van der Waals surface area contributed by atoms with E-state index in [1.54, 1.807) is 6.20 Å². The van der Waals surface area contributed by atoms with Crippen molar-refractivity contribution in [3.8, 4) is 5.88 Å². The molecular formula is C15H21NO3. The molecule has 1 aromatic rings. The van der Waals surface area contributed by atoms with Crippen LogP contribution in [0.15, 0.2) is 12.3 Å². The van der Waals surface area contributed by atoms with E-state index >= 15 is 0 Å². The Kier molecular flexibility index (Phi) is 3.78. The minimum Gasteiger partial charge on any atom is -0.481 e. The van der Waals surface area contributed by atoms with Gasteiger partial charge in [-0.2, -0.15) is 0 Å². The number of aromatic nitrogens is 1. The normalized spacial score (nSPS) is 16.4. The quantitative estimate of drug-likeness (QED) is 0.857. The Morgan fingerprint density at radius 2 is 2.21 bits per heavy atom. The van der Waals surface area contributed by atoms with Crippen molar-refractivity contribution < 1.29 is 14.6 Å². The fourth-order valence-electron chi connectivity index (χ4n) is 2.12. The lowest BCUT2D eigenvalue weighted by atomic mass is 9.95. The van der Waals surface area contributed by atoms with Gasteiger partial charge in [0.2, 0.25) is 5.88 Å². The lowest BCUT2D eigenvalue weighted by molar-refractivity contribution is -0.140. The van der Waals surface area contributed by atoms with Crippen molar-refractivity contribution in [2.45, 2.75) is 45.4 Å². The number of carbonyl (C=O) groups is 1. The molecule has 19 heavy (non-hydrogen) atoms. The average molecular weight is 263 g/mol. The number of carboxylic acid groups (broad SMARTS) is 1. The molecule has 4 heteroatoms. The number of hydrogen-bond donors (Lipinski definition) is 1. The Morgan fingerprint density at radius 1 is 1.53 bits per heavy atom. The van der Waals surface area contributed by atoms with Crippen LogP contribution in [-0.4, -0.2) is 22.7 Å². The molecule has 104 valence electrons. The molecule has 1 aliphatic carbocycles. The molecule has 4 nitrogen and oxygen atoms in total. The van der Waals surface area contributed by atoms with Gasteiger partial charge in [0.25, 0.3) is 0 Å². The number of ether oxygens (including phenoxy) is 1. The highest BCUT2D eigenvalue weighted by Crippen LogP contribution is 2.51. The van der Waals surface area contributed by atoms with Crippen LogP contribution < -0.4 is 4.74 Å². The SMILES string of the molecule is CCc1cnc(OCC(C)C)c(C2(C(=O)O)CC2)c1. The molecule has 1 aromatic heterocycles. The minimum absolute atomic E-state index is 0.389. The molecule has 1 heterocycles. The number of pyridine rings is 1. The van der Waals surface area contributed by atoms with E-state index in [1.165, 1.54) is 0 Å². The molecule has 0 radical (unpaired) electrons. The van der Waals surface area contributed by atoms with Gasteiger partial charge in [-0.15, -0.1) is 0 Å². The smallest absolute Gasteiger partial charge is 0.314 e. The van der Waals surface area contributed by atoms with Crippen LogP contribution in [0.4, 0.5) is 0 Å². The zero-order chi connectivity index (χ0) is 14.0. The predicted octanol–water partition coefficient (Wildman–Crippen LogP) is 2.80. The second-order valence-corrected chi connectivity index (χ2v) is 5.64. The lowest BCUT2D eigenvalue weighted by Crippen LogP contribution is -2.22. The standard InChI is InChI=1S/C15H21NO3/c1-4-11-7-12(15(5-6-15)14(17)18)13(16-8-11)19-9-10(2)3/h7-8,10H,4-6,9H2,1-3H3,(H,17,18). The molecule has 0 atom stereocenters. The largest absolute Gasteiger partial charge is 0.481 e. The van der Waals surface area contributed by atoms with Crippen molar-refractivity contribution >= 4 is 5.97 Å². The first-order chi connectivity index (χ1) is 8.99. The van der Waals surface area contributed by atoms with E-state index < -0.39 is 11.4 Å². The third kappa shape index (κ3) is 2.72. The molecule has 0 bridgehead atoms. The Balaban J connectivity index is 2.35. The van der Waals surface area contributed by atoms with E-state index in [0.29, 0.717) is 31.2 Å². The van der Waals surface area contributed by atoms with E-state index in [0.717, 1.165) is 17.5 Å². The van der Waals surface area contributed by atoms with Gasteiger partial charge < -0.3 is 9.84 Å². The van der Waals surface area contributed by atoms with Gasteiger partial charge in [-0.05, 0) is 36.8 Å². The maximum absolute atomic E-state index is 11.5. The van der Waals surface area contributed by atoms with Gasteiger partial charge in [0, 0.05) is 11.8 Å². The molecule has 1 aliphatic rings. The van der Waals surface area contributed by atoms with E-state index in [4.69, 9.17) is 4.74 Å². The number of carboxylic acids is 1. The van der Waals surface area contributed by atoms with E-state index in [-0.39, 0.29) is 0 Å². The third-order valence-electron chi connectivity index (χ3n) is 3.54. The van der Waals surface area contributed by atoms with Crippen LogP contribution in [0.5, 0.6) is 5.88 Å². The molecule has 0 aromatic carbocycles. The Hall–Kier alpha value is -1.58. The Labute approximate surface area is 113 Å².